The van der Waals surface area contributed by atoms with E-state index in [1.54, 1.807) is 0 Å². The third-order valence-corrected chi connectivity index (χ3v) is 11.6. The van der Waals surface area contributed by atoms with E-state index >= 15 is 0 Å². The van der Waals surface area contributed by atoms with E-state index in [1.807, 2.05) is 12.1 Å². The lowest BCUT2D eigenvalue weighted by molar-refractivity contribution is -0.689. The van der Waals surface area contributed by atoms with Gasteiger partial charge >= 0.3 is 11.0 Å². The van der Waals surface area contributed by atoms with E-state index in [2.05, 4.69) is 120 Å². The quantitative estimate of drug-likeness (QED) is 0.0736. The van der Waals surface area contributed by atoms with Crippen molar-refractivity contribution in [3.8, 4) is 22.5 Å². The number of benzene rings is 4. The maximum Gasteiger partial charge on any atom is 0.485 e. The number of hydrogen-bond donors (Lipinski definition) is 0. The van der Waals surface area contributed by atoms with Gasteiger partial charge in [0.05, 0.1) is 16.5 Å². The lowest BCUT2D eigenvalue weighted by atomic mass is 9.79. The molecule has 0 spiro atoms. The van der Waals surface area contributed by atoms with E-state index in [0.29, 0.717) is 0 Å². The molecule has 9 nitrogen and oxygen atoms in total. The highest BCUT2D eigenvalue weighted by molar-refractivity contribution is 7.86. The maximum atomic E-state index is 10.7. The molecule has 0 N–H and O–H groups in total. The molecule has 17 heteroatoms. The van der Waals surface area contributed by atoms with Crippen LogP contribution in [0.25, 0.3) is 67.4 Å². The van der Waals surface area contributed by atoms with Crippen LogP contribution in [-0.4, -0.2) is 37.0 Å². The van der Waals surface area contributed by atoms with Crippen LogP contribution in [0.15, 0.2) is 102 Å². The molecule has 0 amide bonds. The molecule has 0 unspecified atom stereocenters. The summed E-state index contributed by atoms with van der Waals surface area (Å²) in [5, 5.41) is 4.97. The third-order valence-electron chi connectivity index (χ3n) is 10.5. The first-order valence-corrected chi connectivity index (χ1v) is 20.7. The van der Waals surface area contributed by atoms with Gasteiger partial charge in [-0.05, 0) is 76.9 Å². The van der Waals surface area contributed by atoms with Crippen molar-refractivity contribution >= 4 is 65.1 Å². The van der Waals surface area contributed by atoms with Crippen LogP contribution in [0.2, 0.25) is 0 Å². The largest absolute Gasteiger partial charge is 0.741 e. The minimum Gasteiger partial charge on any atom is -0.741 e. The van der Waals surface area contributed by atoms with Crippen molar-refractivity contribution in [2.45, 2.75) is 50.8 Å². The van der Waals surface area contributed by atoms with Crippen molar-refractivity contribution in [2.75, 3.05) is 0 Å². The fraction of sp³-hybridized carbons (Fsp3) is 0.190. The molecule has 0 atom stereocenters. The zero-order valence-corrected chi connectivity index (χ0v) is 32.7. The number of pyridine rings is 2. The lowest BCUT2D eigenvalue weighted by Gasteiger charge is -2.27. The molecule has 0 saturated heterocycles. The fourth-order valence-electron chi connectivity index (χ4n) is 7.58. The van der Waals surface area contributed by atoms with Gasteiger partial charge in [0.1, 0.15) is 11.2 Å². The van der Waals surface area contributed by atoms with Crippen molar-refractivity contribution in [1.29, 1.82) is 0 Å². The highest BCUT2D eigenvalue weighted by Gasteiger charge is 2.39. The Balaban J connectivity index is 0.000000281. The molecule has 9 rings (SSSR count). The summed E-state index contributed by atoms with van der Waals surface area (Å²) >= 11 is 0. The van der Waals surface area contributed by atoms with Gasteiger partial charge in [0.15, 0.2) is 45.7 Å². The molecule has 0 saturated carbocycles. The minimum absolute atomic E-state index is 0.932. The van der Waals surface area contributed by atoms with E-state index < -0.39 is 31.3 Å². The molecule has 3 aromatic heterocycles. The Morgan fingerprint density at radius 1 is 0.610 bits per heavy atom. The van der Waals surface area contributed by atoms with E-state index in [9.17, 15) is 26.3 Å². The first-order chi connectivity index (χ1) is 27.6. The van der Waals surface area contributed by atoms with Crippen molar-refractivity contribution in [2.24, 2.45) is 0 Å². The molecule has 0 radical (unpaired) electrons. The Kier molecular flexibility index (Phi) is 10.7. The SMILES string of the molecule is Cc1c(C)c2c(c3c1CC[n+]1ccc(C=Cc4ccc5oc6ccccc6c5c4)cc1-3)-c1c3ccccc3cc[n+]1CC2.O=S(=O)([O-])C(F)(F)F.O=S(=O)([O-])C(F)(F)F. The number of rotatable bonds is 2. The average molecular weight is 855 g/mol. The normalized spacial score (nSPS) is 13.9. The van der Waals surface area contributed by atoms with Crippen LogP contribution in [0.3, 0.4) is 0 Å². The smallest absolute Gasteiger partial charge is 0.485 e. The molecule has 0 aliphatic carbocycles. The summed E-state index contributed by atoms with van der Waals surface area (Å²) in [4.78, 5) is 0. The Morgan fingerprint density at radius 2 is 1.12 bits per heavy atom. The zero-order chi connectivity index (χ0) is 42.7. The number of para-hydroxylation sites is 1. The number of alkyl halides is 6. The van der Waals surface area contributed by atoms with Gasteiger partial charge in [0.25, 0.3) is 0 Å². The van der Waals surface area contributed by atoms with Crippen molar-refractivity contribution < 1.29 is 65.8 Å². The van der Waals surface area contributed by atoms with Crippen molar-refractivity contribution in [3.05, 3.63) is 131 Å². The summed E-state index contributed by atoms with van der Waals surface area (Å²) in [7, 11) is -12.2. The monoisotopic (exact) mass is 854 g/mol. The molecule has 2 aliphatic heterocycles. The Morgan fingerprint density at radius 3 is 1.75 bits per heavy atom. The number of hydrogen-bond acceptors (Lipinski definition) is 7. The van der Waals surface area contributed by atoms with Crippen LogP contribution in [-0.2, 0) is 46.2 Å². The van der Waals surface area contributed by atoms with Gasteiger partial charge in [0.2, 0.25) is 11.4 Å². The molecule has 59 heavy (non-hydrogen) atoms. The van der Waals surface area contributed by atoms with Gasteiger partial charge in [0, 0.05) is 41.8 Å². The van der Waals surface area contributed by atoms with Gasteiger partial charge in [-0.3, -0.25) is 0 Å². The topological polar surface area (TPSA) is 135 Å². The predicted octanol–water partition coefficient (Wildman–Crippen LogP) is 8.65. The standard InChI is InChI=1S/C40H32N2O.2CHF3O3S/c1-25-26(2)31-18-22-42-20-16-29-7-3-4-8-32(29)40(42)39(31)38-30(25)17-21-41-19-15-28(24-35(38)41)12-11-27-13-14-37-34(23-27)33-9-5-6-10-36(33)43-37;2*2-1(3,4)8(5,6)7/h3-16,19-20,23-24H,17-18,21-22H2,1-2H3;2*(H,5,6,7)/q+2;;/p-2. The average Bonchev–Trinajstić information content (AvgIpc) is 3.55. The second-order valence-corrected chi connectivity index (χ2v) is 16.7. The Labute approximate surface area is 334 Å². The summed E-state index contributed by atoms with van der Waals surface area (Å²) in [5.41, 5.74) is 4.48. The minimum atomic E-state index is -6.09. The first kappa shape index (κ1) is 41.5. The molecular formula is C42H32F6N2O7S2. The summed E-state index contributed by atoms with van der Waals surface area (Å²) in [6.07, 6.45) is 11.2. The van der Waals surface area contributed by atoms with Gasteiger partial charge in [-0.1, -0.05) is 54.6 Å². The molecular weight excluding hydrogens is 823 g/mol. The molecule has 306 valence electrons. The van der Waals surface area contributed by atoms with E-state index in [-0.39, 0.29) is 0 Å². The zero-order valence-electron chi connectivity index (χ0n) is 31.1. The number of halogens is 6. The van der Waals surface area contributed by atoms with Crippen molar-refractivity contribution in [3.63, 3.8) is 0 Å². The summed E-state index contributed by atoms with van der Waals surface area (Å²) in [6, 6.07) is 30.5. The number of aryl methyl sites for hydroxylation is 2. The van der Waals surface area contributed by atoms with Crippen molar-refractivity contribution in [1.82, 2.24) is 0 Å². The van der Waals surface area contributed by atoms with Gasteiger partial charge in [-0.2, -0.15) is 35.5 Å². The Bertz CT molecular complexity index is 3020. The van der Waals surface area contributed by atoms with E-state index in [1.165, 1.54) is 66.7 Å². The van der Waals surface area contributed by atoms with Crippen LogP contribution >= 0.6 is 0 Å². The molecule has 4 aromatic carbocycles. The van der Waals surface area contributed by atoms with Gasteiger partial charge in [-0.15, -0.1) is 0 Å². The summed E-state index contributed by atoms with van der Waals surface area (Å²) in [6.45, 7) is 6.71. The van der Waals surface area contributed by atoms with E-state index in [0.717, 1.165) is 47.9 Å². The second-order valence-electron chi connectivity index (χ2n) is 13.9. The molecule has 0 bridgehead atoms. The number of fused-ring (bicyclic) bond motifs is 12. The van der Waals surface area contributed by atoms with Crippen LogP contribution < -0.4 is 9.13 Å². The third kappa shape index (κ3) is 8.07. The summed E-state index contributed by atoms with van der Waals surface area (Å²) < 4.78 is 129. The van der Waals surface area contributed by atoms with Crippen LogP contribution in [0.5, 0.6) is 0 Å². The molecule has 7 aromatic rings. The summed E-state index contributed by atoms with van der Waals surface area (Å²) in [5.74, 6) is 0. The molecule has 0 fully saturated rings. The number of nitrogens with zero attached hydrogens (tertiary/aromatic N) is 2. The highest BCUT2D eigenvalue weighted by atomic mass is 32.2. The van der Waals surface area contributed by atoms with Crippen LogP contribution in [0.4, 0.5) is 26.3 Å². The molecule has 5 heterocycles. The predicted molar refractivity (Wildman–Crippen MR) is 206 cm³/mol. The van der Waals surface area contributed by atoms with Gasteiger partial charge in [-0.25, -0.2) is 16.8 Å². The van der Waals surface area contributed by atoms with E-state index in [4.69, 9.17) is 30.4 Å². The number of aromatic nitrogens is 2. The fourth-order valence-corrected chi connectivity index (χ4v) is 7.58. The lowest BCUT2D eigenvalue weighted by Crippen LogP contribution is -2.43. The Hall–Kier alpha value is -5.62. The van der Waals surface area contributed by atoms with Crippen LogP contribution in [0.1, 0.15) is 33.4 Å². The second kappa shape index (κ2) is 15.2. The van der Waals surface area contributed by atoms with Crippen LogP contribution in [0, 0.1) is 13.8 Å². The first-order valence-electron chi connectivity index (χ1n) is 17.9. The number of furan rings is 1. The molecule has 2 aliphatic rings. The van der Waals surface area contributed by atoms with Gasteiger partial charge < -0.3 is 13.5 Å². The maximum absolute atomic E-state index is 10.7. The highest BCUT2D eigenvalue weighted by Crippen LogP contribution is 2.45.